The molecule has 0 N–H and O–H groups in total. The summed E-state index contributed by atoms with van der Waals surface area (Å²) >= 11 is 2.88. The van der Waals surface area contributed by atoms with Crippen molar-refractivity contribution >= 4 is 82.1 Å². The van der Waals surface area contributed by atoms with E-state index in [0.717, 1.165) is 75.9 Å². The maximum absolute atomic E-state index is 15.0. The number of rotatable bonds is 6. The number of carbonyl (C=O) groups excluding carboxylic acids is 1. The molecular weight excluding hydrogens is 825 g/mol. The van der Waals surface area contributed by atoms with E-state index in [1.165, 1.54) is 29.8 Å². The first-order chi connectivity index (χ1) is 30.4. The third kappa shape index (κ3) is 5.42. The van der Waals surface area contributed by atoms with Gasteiger partial charge in [0, 0.05) is 60.9 Å². The molecule has 0 bridgehead atoms. The van der Waals surface area contributed by atoms with Gasteiger partial charge in [-0.15, -0.1) is 22.7 Å². The Kier molecular flexibility index (Phi) is 8.24. The Morgan fingerprint density at radius 2 is 0.935 bits per heavy atom. The van der Waals surface area contributed by atoms with Crippen molar-refractivity contribution in [2.75, 3.05) is 7.11 Å². The highest BCUT2D eigenvalue weighted by Gasteiger charge is 2.48. The largest absolute Gasteiger partial charge is 0.459 e. The topological polar surface area (TPSA) is 70.3 Å². The minimum absolute atomic E-state index is 0.234. The van der Waals surface area contributed by atoms with Crippen LogP contribution in [0.1, 0.15) is 25.7 Å². The van der Waals surface area contributed by atoms with Gasteiger partial charge in [0.1, 0.15) is 15.3 Å². The molecule has 0 spiro atoms. The molecule has 0 fully saturated rings. The molecule has 9 heteroatoms. The van der Waals surface area contributed by atoms with Gasteiger partial charge in [-0.25, -0.2) is 13.2 Å². The number of carbonyl (C=O) groups is 1. The van der Waals surface area contributed by atoms with Gasteiger partial charge in [0.25, 0.3) is 9.84 Å². The molecule has 0 atom stereocenters. The summed E-state index contributed by atoms with van der Waals surface area (Å²) in [5.41, 5.74) is 9.27. The first-order valence-electron chi connectivity index (χ1n) is 20.2. The van der Waals surface area contributed by atoms with Gasteiger partial charge < -0.3 is 13.9 Å². The molecule has 62 heavy (non-hydrogen) atoms. The number of methoxy groups -OCH3 is 1. The number of ether oxygens (including phenoxy) is 1. The van der Waals surface area contributed by atoms with E-state index in [0.29, 0.717) is 26.8 Å². The lowest BCUT2D eigenvalue weighted by molar-refractivity contribution is 0.0600. The lowest BCUT2D eigenvalue weighted by Gasteiger charge is -2.18. The van der Waals surface area contributed by atoms with Crippen LogP contribution in [0.2, 0.25) is 0 Å². The van der Waals surface area contributed by atoms with Crippen molar-refractivity contribution in [2.45, 2.75) is 9.79 Å². The first-order valence-corrected chi connectivity index (χ1v) is 23.3. The van der Waals surface area contributed by atoms with Crippen LogP contribution >= 0.6 is 22.7 Å². The van der Waals surface area contributed by atoms with Gasteiger partial charge in [0.15, 0.2) is 9.79 Å². The third-order valence-corrected chi connectivity index (χ3v) is 16.4. The van der Waals surface area contributed by atoms with Gasteiger partial charge in [0.2, 0.25) is 0 Å². The fraction of sp³-hybridized carbons (Fsp3) is 0.0189. The van der Waals surface area contributed by atoms with E-state index in [2.05, 4.69) is 106 Å². The summed E-state index contributed by atoms with van der Waals surface area (Å²) in [7, 11) is -2.63. The zero-order chi connectivity index (χ0) is 41.7. The molecule has 6 nitrogen and oxygen atoms in total. The summed E-state index contributed by atoms with van der Waals surface area (Å²) in [4.78, 5) is 16.7. The SMILES string of the molecule is COC(=O)c1ccccc1[C+]1c2sc(-c3ccc4c(c3)c3ccccc3n4-c3ccccc3)cc2S(=O)(=O)c2cc(-c3ccc4c(c3)c3ccccc3n4-c3ccccc3)sc21. The Bertz CT molecular complexity index is 3520. The smallest absolute Gasteiger partial charge is 0.373 e. The van der Waals surface area contributed by atoms with Crippen molar-refractivity contribution in [1.82, 2.24) is 9.13 Å². The molecule has 12 rings (SSSR count). The van der Waals surface area contributed by atoms with E-state index in [1.54, 1.807) is 12.1 Å². The summed E-state index contributed by atoms with van der Waals surface area (Å²) in [5.74, 6) is 0.223. The van der Waals surface area contributed by atoms with Gasteiger partial charge in [-0.1, -0.05) is 84.9 Å². The Labute approximate surface area is 365 Å². The fourth-order valence-electron chi connectivity index (χ4n) is 9.20. The van der Waals surface area contributed by atoms with Crippen LogP contribution in [0.3, 0.4) is 0 Å². The van der Waals surface area contributed by atoms with Gasteiger partial charge in [-0.3, -0.25) is 0 Å². The second-order valence-electron chi connectivity index (χ2n) is 15.4. The fourth-order valence-corrected chi connectivity index (χ4v) is 14.0. The minimum Gasteiger partial charge on any atom is -0.459 e. The van der Waals surface area contributed by atoms with E-state index in [4.69, 9.17) is 4.74 Å². The molecule has 11 aromatic rings. The third-order valence-electron chi connectivity index (χ3n) is 12.0. The van der Waals surface area contributed by atoms with Crippen molar-refractivity contribution in [2.24, 2.45) is 0 Å². The summed E-state index contributed by atoms with van der Waals surface area (Å²) in [6, 6.07) is 61.0. The molecule has 0 saturated carbocycles. The number of thiophene rings is 2. The van der Waals surface area contributed by atoms with Crippen molar-refractivity contribution in [1.29, 1.82) is 0 Å². The van der Waals surface area contributed by atoms with Crippen molar-refractivity contribution < 1.29 is 17.9 Å². The second-order valence-corrected chi connectivity index (χ2v) is 19.4. The minimum atomic E-state index is -4.00. The Morgan fingerprint density at radius 1 is 0.500 bits per heavy atom. The zero-order valence-corrected chi connectivity index (χ0v) is 35.5. The van der Waals surface area contributed by atoms with E-state index in [-0.39, 0.29) is 9.79 Å². The van der Waals surface area contributed by atoms with Gasteiger partial charge in [-0.2, -0.15) is 0 Å². The number of fused-ring (bicyclic) bond motifs is 8. The Morgan fingerprint density at radius 3 is 1.44 bits per heavy atom. The van der Waals surface area contributed by atoms with Gasteiger partial charge in [0.05, 0.1) is 40.7 Å². The maximum Gasteiger partial charge on any atom is 0.373 e. The van der Waals surface area contributed by atoms with Crippen LogP contribution in [-0.4, -0.2) is 30.6 Å². The number of esters is 1. The molecule has 296 valence electrons. The molecule has 0 amide bonds. The number of nitrogens with zero attached hydrogens (tertiary/aromatic N) is 2. The molecule has 1 aliphatic rings. The summed E-state index contributed by atoms with van der Waals surface area (Å²) in [5, 5.41) is 4.37. The summed E-state index contributed by atoms with van der Waals surface area (Å²) < 4.78 is 39.9. The highest BCUT2D eigenvalue weighted by Crippen LogP contribution is 2.55. The molecule has 5 heterocycles. The van der Waals surface area contributed by atoms with Crippen molar-refractivity contribution in [3.05, 3.63) is 209 Å². The zero-order valence-electron chi connectivity index (χ0n) is 33.1. The Hall–Kier alpha value is -7.17. The number of hydrogen-bond donors (Lipinski definition) is 0. The van der Waals surface area contributed by atoms with Crippen molar-refractivity contribution in [3.63, 3.8) is 0 Å². The van der Waals surface area contributed by atoms with Gasteiger partial charge in [-0.05, 0) is 90.0 Å². The number of hydrogen-bond acceptors (Lipinski definition) is 6. The predicted molar refractivity (Wildman–Crippen MR) is 252 cm³/mol. The lowest BCUT2D eigenvalue weighted by Crippen LogP contribution is -2.18. The first kappa shape index (κ1) is 36.7. The molecule has 0 saturated heterocycles. The molecule has 0 unspecified atom stereocenters. The highest BCUT2D eigenvalue weighted by atomic mass is 32.2. The number of aromatic nitrogens is 2. The van der Waals surface area contributed by atoms with Crippen molar-refractivity contribution in [3.8, 4) is 32.3 Å². The molecule has 1 aliphatic heterocycles. The van der Waals surface area contributed by atoms with Crippen LogP contribution in [0.4, 0.5) is 0 Å². The van der Waals surface area contributed by atoms with Crippen LogP contribution in [0.15, 0.2) is 192 Å². The Balaban J connectivity index is 1.04. The maximum atomic E-state index is 15.0. The normalized spacial score (nSPS) is 13.2. The summed E-state index contributed by atoms with van der Waals surface area (Å²) in [6.07, 6.45) is 0. The molecule has 0 aliphatic carbocycles. The molecule has 7 aromatic carbocycles. The molecule has 0 radical (unpaired) electrons. The number of sulfone groups is 1. The standard InChI is InChI=1S/C53H33N2O4S3/c1-59-53(56)39-21-9-8-20-38(39)50-51-48(30-46(60-51)32-24-26-44-40(28-32)36-18-10-12-22-42(36)54(44)34-14-4-2-5-15-34)62(57,58)49-31-47(61-52(49)50)33-25-27-45-41(29-33)37-19-11-13-23-43(37)55(45)35-16-6-3-7-17-35/h2-31H,1H3/q+1. The van der Waals surface area contributed by atoms with Crippen LogP contribution in [0, 0.1) is 5.92 Å². The van der Waals surface area contributed by atoms with Crippen LogP contribution in [-0.2, 0) is 14.6 Å². The lowest BCUT2D eigenvalue weighted by atomic mass is 9.91. The van der Waals surface area contributed by atoms with Gasteiger partial charge >= 0.3 is 5.97 Å². The van der Waals surface area contributed by atoms with E-state index in [1.807, 2.05) is 72.8 Å². The number of benzene rings is 7. The average Bonchev–Trinajstić information content (AvgIpc) is 4.11. The predicted octanol–water partition coefficient (Wildman–Crippen LogP) is 13.3. The highest BCUT2D eigenvalue weighted by molar-refractivity contribution is 7.92. The van der Waals surface area contributed by atoms with E-state index < -0.39 is 15.8 Å². The van der Waals surface area contributed by atoms with Crippen LogP contribution in [0.25, 0.3) is 75.9 Å². The van der Waals surface area contributed by atoms with Crippen LogP contribution in [0.5, 0.6) is 0 Å². The molecule has 4 aromatic heterocycles. The average molecular weight is 858 g/mol. The monoisotopic (exact) mass is 857 g/mol. The second kappa shape index (κ2) is 13.9. The number of para-hydroxylation sites is 4. The van der Waals surface area contributed by atoms with Crippen LogP contribution < -0.4 is 0 Å². The quantitative estimate of drug-likeness (QED) is 0.123. The molecular formula is C53H33N2O4S3+. The summed E-state index contributed by atoms with van der Waals surface area (Å²) in [6.45, 7) is 0. The van der Waals surface area contributed by atoms with E-state index in [9.17, 15) is 4.79 Å². The van der Waals surface area contributed by atoms with E-state index >= 15 is 8.42 Å².